The SMILES string of the molecule is Cc1ccnc2ccc(/C=C/c3ccc(OCCCN4CCN(C(C)(C)C)CC4)cc3)cc12. The average molecular weight is 444 g/mol. The lowest BCUT2D eigenvalue weighted by molar-refractivity contribution is 0.0601. The van der Waals surface area contributed by atoms with Gasteiger partial charge in [0.15, 0.2) is 0 Å². The minimum absolute atomic E-state index is 0.280. The van der Waals surface area contributed by atoms with E-state index in [4.69, 9.17) is 4.74 Å². The number of hydrogen-bond donors (Lipinski definition) is 0. The van der Waals surface area contributed by atoms with E-state index in [2.05, 4.69) is 103 Å². The number of fused-ring (bicyclic) bond motifs is 1. The van der Waals surface area contributed by atoms with Crippen LogP contribution in [-0.4, -0.2) is 59.7 Å². The minimum Gasteiger partial charge on any atom is -0.494 e. The molecular weight excluding hydrogens is 406 g/mol. The Kier molecular flexibility index (Phi) is 7.46. The summed E-state index contributed by atoms with van der Waals surface area (Å²) in [5.41, 5.74) is 4.93. The third-order valence-corrected chi connectivity index (χ3v) is 6.54. The Hall–Kier alpha value is -2.69. The Morgan fingerprint density at radius 1 is 0.909 bits per heavy atom. The highest BCUT2D eigenvalue weighted by molar-refractivity contribution is 5.85. The molecule has 1 aliphatic heterocycles. The van der Waals surface area contributed by atoms with E-state index in [0.29, 0.717) is 0 Å². The van der Waals surface area contributed by atoms with Crippen LogP contribution in [0.2, 0.25) is 0 Å². The molecule has 4 nitrogen and oxygen atoms in total. The van der Waals surface area contributed by atoms with Gasteiger partial charge >= 0.3 is 0 Å². The van der Waals surface area contributed by atoms with Crippen molar-refractivity contribution in [2.75, 3.05) is 39.3 Å². The highest BCUT2D eigenvalue weighted by Gasteiger charge is 2.25. The van der Waals surface area contributed by atoms with Crippen LogP contribution in [0.4, 0.5) is 0 Å². The van der Waals surface area contributed by atoms with Gasteiger partial charge in [-0.05, 0) is 81.1 Å². The van der Waals surface area contributed by atoms with Gasteiger partial charge in [0, 0.05) is 49.8 Å². The van der Waals surface area contributed by atoms with Gasteiger partial charge in [-0.1, -0.05) is 30.4 Å². The van der Waals surface area contributed by atoms with E-state index in [0.717, 1.165) is 57.0 Å². The van der Waals surface area contributed by atoms with Crippen molar-refractivity contribution in [2.24, 2.45) is 0 Å². The zero-order valence-corrected chi connectivity index (χ0v) is 20.6. The standard InChI is InChI=1S/C29H37N3O/c1-23-14-15-30-28-13-10-25(22-27(23)28)7-6-24-8-11-26(12-9-24)33-21-5-16-31-17-19-32(20-18-31)29(2,3)4/h6-15,22H,5,16-21H2,1-4H3/b7-6+. The number of aromatic nitrogens is 1. The molecule has 0 aliphatic carbocycles. The fourth-order valence-electron chi connectivity index (χ4n) is 4.39. The summed E-state index contributed by atoms with van der Waals surface area (Å²) in [4.78, 5) is 9.57. The lowest BCUT2D eigenvalue weighted by Gasteiger charge is -2.42. The zero-order valence-electron chi connectivity index (χ0n) is 20.6. The number of benzene rings is 2. The molecule has 4 rings (SSSR count). The van der Waals surface area contributed by atoms with Crippen molar-refractivity contribution in [2.45, 2.75) is 39.7 Å². The highest BCUT2D eigenvalue weighted by atomic mass is 16.5. The Labute approximate surface area is 198 Å². The van der Waals surface area contributed by atoms with Crippen molar-refractivity contribution in [3.05, 3.63) is 71.4 Å². The first-order valence-electron chi connectivity index (χ1n) is 12.1. The van der Waals surface area contributed by atoms with Gasteiger partial charge in [0.25, 0.3) is 0 Å². The third-order valence-electron chi connectivity index (χ3n) is 6.54. The van der Waals surface area contributed by atoms with E-state index in [1.165, 1.54) is 22.1 Å². The first kappa shape index (κ1) is 23.5. The molecule has 1 aromatic heterocycles. The Balaban J connectivity index is 1.22. The van der Waals surface area contributed by atoms with E-state index in [9.17, 15) is 0 Å². The Morgan fingerprint density at radius 2 is 1.61 bits per heavy atom. The van der Waals surface area contributed by atoms with E-state index >= 15 is 0 Å². The Bertz CT molecular complexity index is 1070. The van der Waals surface area contributed by atoms with Crippen molar-refractivity contribution in [1.82, 2.24) is 14.8 Å². The fraction of sp³-hybridized carbons (Fsp3) is 0.414. The second kappa shape index (κ2) is 10.5. The maximum absolute atomic E-state index is 5.98. The van der Waals surface area contributed by atoms with E-state index in [1.54, 1.807) is 0 Å². The summed E-state index contributed by atoms with van der Waals surface area (Å²) < 4.78 is 5.98. The number of hydrogen-bond acceptors (Lipinski definition) is 4. The third kappa shape index (κ3) is 6.43. The Morgan fingerprint density at radius 3 is 2.33 bits per heavy atom. The molecule has 0 spiro atoms. The summed E-state index contributed by atoms with van der Waals surface area (Å²) in [5, 5.41) is 1.21. The molecule has 2 heterocycles. The molecular formula is C29H37N3O. The fourth-order valence-corrected chi connectivity index (χ4v) is 4.39. The largest absolute Gasteiger partial charge is 0.494 e. The molecule has 3 aromatic rings. The molecule has 1 fully saturated rings. The zero-order chi connectivity index (χ0) is 23.3. The van der Waals surface area contributed by atoms with Crippen LogP contribution in [0.5, 0.6) is 5.75 Å². The first-order chi connectivity index (χ1) is 15.9. The maximum Gasteiger partial charge on any atom is 0.119 e. The molecule has 174 valence electrons. The van der Waals surface area contributed by atoms with Crippen molar-refractivity contribution in [1.29, 1.82) is 0 Å². The van der Waals surface area contributed by atoms with Gasteiger partial charge in [-0.25, -0.2) is 0 Å². The highest BCUT2D eigenvalue weighted by Crippen LogP contribution is 2.20. The van der Waals surface area contributed by atoms with Crippen molar-refractivity contribution in [3.63, 3.8) is 0 Å². The monoisotopic (exact) mass is 443 g/mol. The van der Waals surface area contributed by atoms with Crippen LogP contribution in [0, 0.1) is 6.92 Å². The summed E-state index contributed by atoms with van der Waals surface area (Å²) >= 11 is 0. The van der Waals surface area contributed by atoms with Crippen LogP contribution in [-0.2, 0) is 0 Å². The molecule has 1 saturated heterocycles. The summed E-state index contributed by atoms with van der Waals surface area (Å²) in [6.45, 7) is 15.6. The lowest BCUT2D eigenvalue weighted by Crippen LogP contribution is -2.53. The van der Waals surface area contributed by atoms with Crippen LogP contribution in [0.1, 0.15) is 43.9 Å². The molecule has 0 radical (unpaired) electrons. The smallest absolute Gasteiger partial charge is 0.119 e. The summed E-state index contributed by atoms with van der Waals surface area (Å²) in [5.74, 6) is 0.942. The molecule has 0 N–H and O–H groups in total. The molecule has 0 unspecified atom stereocenters. The van der Waals surface area contributed by atoms with Crippen molar-refractivity contribution < 1.29 is 4.74 Å². The number of pyridine rings is 1. The van der Waals surface area contributed by atoms with Gasteiger partial charge in [0.1, 0.15) is 5.75 Å². The molecule has 0 saturated carbocycles. The second-order valence-electron chi connectivity index (χ2n) is 10.0. The van der Waals surface area contributed by atoms with Crippen LogP contribution in [0.15, 0.2) is 54.7 Å². The van der Waals surface area contributed by atoms with Gasteiger partial charge in [-0.2, -0.15) is 0 Å². The molecule has 33 heavy (non-hydrogen) atoms. The molecule has 0 atom stereocenters. The summed E-state index contributed by atoms with van der Waals surface area (Å²) in [7, 11) is 0. The second-order valence-corrected chi connectivity index (χ2v) is 10.0. The number of rotatable bonds is 7. The predicted octanol–water partition coefficient (Wildman–Crippen LogP) is 5.90. The predicted molar refractivity (Wildman–Crippen MR) is 140 cm³/mol. The summed E-state index contributed by atoms with van der Waals surface area (Å²) in [6, 6.07) is 16.8. The summed E-state index contributed by atoms with van der Waals surface area (Å²) in [6.07, 6.45) is 7.23. The minimum atomic E-state index is 0.280. The van der Waals surface area contributed by atoms with Crippen LogP contribution in [0.3, 0.4) is 0 Å². The average Bonchev–Trinajstić information content (AvgIpc) is 2.81. The van der Waals surface area contributed by atoms with E-state index < -0.39 is 0 Å². The van der Waals surface area contributed by atoms with Gasteiger partial charge in [-0.15, -0.1) is 0 Å². The normalized spacial score (nSPS) is 16.0. The maximum atomic E-state index is 5.98. The molecule has 4 heteroatoms. The van der Waals surface area contributed by atoms with Gasteiger partial charge in [0.05, 0.1) is 12.1 Å². The van der Waals surface area contributed by atoms with Crippen molar-refractivity contribution in [3.8, 4) is 5.75 Å². The van der Waals surface area contributed by atoms with Crippen LogP contribution < -0.4 is 4.74 Å². The number of ether oxygens (including phenoxy) is 1. The molecule has 0 amide bonds. The quantitative estimate of drug-likeness (QED) is 0.336. The van der Waals surface area contributed by atoms with Gasteiger partial charge in [0.2, 0.25) is 0 Å². The van der Waals surface area contributed by atoms with E-state index in [1.807, 2.05) is 6.20 Å². The van der Waals surface area contributed by atoms with Crippen molar-refractivity contribution >= 4 is 23.1 Å². The van der Waals surface area contributed by atoms with Gasteiger partial charge in [-0.3, -0.25) is 9.88 Å². The molecule has 2 aromatic carbocycles. The van der Waals surface area contributed by atoms with Crippen LogP contribution >= 0.6 is 0 Å². The first-order valence-corrected chi connectivity index (χ1v) is 12.1. The van der Waals surface area contributed by atoms with Gasteiger partial charge < -0.3 is 9.64 Å². The lowest BCUT2D eigenvalue weighted by atomic mass is 10.0. The molecule has 0 bridgehead atoms. The topological polar surface area (TPSA) is 28.6 Å². The van der Waals surface area contributed by atoms with E-state index in [-0.39, 0.29) is 5.54 Å². The number of aryl methyl sites for hydroxylation is 1. The number of nitrogens with zero attached hydrogens (tertiary/aromatic N) is 3. The van der Waals surface area contributed by atoms with Crippen LogP contribution in [0.25, 0.3) is 23.1 Å². The number of piperazine rings is 1. The molecule has 1 aliphatic rings.